The van der Waals surface area contributed by atoms with Crippen molar-refractivity contribution in [1.82, 2.24) is 0 Å². The number of rotatable bonds is 0. The SMILES string of the molecule is CC1(F)C(F)OP(=O)(Cl)OC1F. The number of halogens is 4. The molecule has 0 aromatic rings. The second kappa shape index (κ2) is 2.87. The molecule has 8 heteroatoms. The van der Waals surface area contributed by atoms with Gasteiger partial charge in [0.25, 0.3) is 0 Å². The topological polar surface area (TPSA) is 35.5 Å². The molecule has 1 heterocycles. The van der Waals surface area contributed by atoms with Gasteiger partial charge in [-0.3, -0.25) is 9.05 Å². The molecule has 0 spiro atoms. The average Bonchev–Trinajstić information content (AvgIpc) is 1.82. The van der Waals surface area contributed by atoms with E-state index in [0.717, 1.165) is 0 Å². The molecule has 1 fully saturated rings. The molecular formula is C4H5ClF3O3P. The van der Waals surface area contributed by atoms with Gasteiger partial charge in [0.1, 0.15) is 0 Å². The highest BCUT2D eigenvalue weighted by Crippen LogP contribution is 2.61. The van der Waals surface area contributed by atoms with Crippen molar-refractivity contribution in [2.45, 2.75) is 25.3 Å². The van der Waals surface area contributed by atoms with Crippen LogP contribution < -0.4 is 0 Å². The third kappa shape index (κ3) is 1.76. The van der Waals surface area contributed by atoms with E-state index in [9.17, 15) is 17.7 Å². The van der Waals surface area contributed by atoms with E-state index >= 15 is 0 Å². The highest BCUT2D eigenvalue weighted by Gasteiger charge is 2.55. The molecule has 0 aromatic carbocycles. The van der Waals surface area contributed by atoms with E-state index in [0.29, 0.717) is 6.92 Å². The van der Waals surface area contributed by atoms with Gasteiger partial charge in [0, 0.05) is 11.2 Å². The lowest BCUT2D eigenvalue weighted by Crippen LogP contribution is -2.46. The summed E-state index contributed by atoms with van der Waals surface area (Å²) in [6, 6.07) is 0. The first-order valence-electron chi connectivity index (χ1n) is 2.89. The zero-order valence-electron chi connectivity index (χ0n) is 5.84. The monoisotopic (exact) mass is 224 g/mol. The van der Waals surface area contributed by atoms with Gasteiger partial charge in [0.15, 0.2) is 0 Å². The van der Waals surface area contributed by atoms with Crippen LogP contribution in [0.3, 0.4) is 0 Å². The van der Waals surface area contributed by atoms with Crippen molar-refractivity contribution in [2.75, 3.05) is 0 Å². The quantitative estimate of drug-likeness (QED) is 0.594. The van der Waals surface area contributed by atoms with E-state index in [1.807, 2.05) is 0 Å². The Balaban J connectivity index is 2.85. The lowest BCUT2D eigenvalue weighted by atomic mass is 10.1. The zero-order chi connectivity index (χ0) is 9.57. The first-order valence-corrected chi connectivity index (χ1v) is 5.34. The Kier molecular flexibility index (Phi) is 2.47. The van der Waals surface area contributed by atoms with Crippen LogP contribution in [-0.4, -0.2) is 18.4 Å². The molecule has 0 aliphatic carbocycles. The highest BCUT2D eigenvalue weighted by molar-refractivity contribution is 7.81. The Morgan fingerprint density at radius 3 is 2.08 bits per heavy atom. The van der Waals surface area contributed by atoms with Crippen molar-refractivity contribution in [3.63, 3.8) is 0 Å². The maximum Gasteiger partial charge on any atom is 0.429 e. The lowest BCUT2D eigenvalue weighted by molar-refractivity contribution is -0.192. The van der Waals surface area contributed by atoms with Crippen LogP contribution in [-0.2, 0) is 13.6 Å². The van der Waals surface area contributed by atoms with Crippen molar-refractivity contribution in [3.05, 3.63) is 0 Å². The predicted octanol–water partition coefficient (Wildman–Crippen LogP) is 2.70. The maximum atomic E-state index is 12.8. The molecule has 0 amide bonds. The first-order chi connectivity index (χ1) is 5.26. The largest absolute Gasteiger partial charge is 0.429 e. The molecule has 1 aliphatic rings. The molecule has 1 rings (SSSR count). The minimum atomic E-state index is -4.30. The third-order valence-corrected chi connectivity index (χ3v) is 2.68. The highest BCUT2D eigenvalue weighted by atomic mass is 35.7. The van der Waals surface area contributed by atoms with Crippen LogP contribution in [0.4, 0.5) is 13.2 Å². The van der Waals surface area contributed by atoms with Gasteiger partial charge in [0.2, 0.25) is 18.4 Å². The summed E-state index contributed by atoms with van der Waals surface area (Å²) in [7, 11) is 0. The standard InChI is InChI=1S/C4H5ClF3O3P/c1-4(8)2(6)10-12(5,9)11-3(4)7/h2-3H,1H3. The van der Waals surface area contributed by atoms with Gasteiger partial charge in [-0.2, -0.15) is 0 Å². The van der Waals surface area contributed by atoms with E-state index in [4.69, 9.17) is 11.2 Å². The lowest BCUT2D eigenvalue weighted by Gasteiger charge is -2.33. The molecule has 0 saturated carbocycles. The maximum absolute atomic E-state index is 12.8. The van der Waals surface area contributed by atoms with Gasteiger partial charge < -0.3 is 0 Å². The molecule has 0 radical (unpaired) electrons. The van der Waals surface area contributed by atoms with Crippen LogP contribution in [0.1, 0.15) is 6.92 Å². The van der Waals surface area contributed by atoms with Crippen LogP contribution in [0.15, 0.2) is 0 Å². The van der Waals surface area contributed by atoms with E-state index in [1.54, 1.807) is 0 Å². The van der Waals surface area contributed by atoms with Gasteiger partial charge in [-0.15, -0.1) is 0 Å². The van der Waals surface area contributed by atoms with Crippen molar-refractivity contribution < 1.29 is 26.8 Å². The first kappa shape index (κ1) is 10.3. The minimum Gasteiger partial charge on any atom is -0.258 e. The molecular weight excluding hydrogens is 219 g/mol. The molecule has 12 heavy (non-hydrogen) atoms. The number of hydrogen-bond donors (Lipinski definition) is 0. The van der Waals surface area contributed by atoms with Crippen LogP contribution in [0.25, 0.3) is 0 Å². The van der Waals surface area contributed by atoms with Crippen molar-refractivity contribution in [2.24, 2.45) is 0 Å². The zero-order valence-corrected chi connectivity index (χ0v) is 7.49. The Morgan fingerprint density at radius 1 is 1.42 bits per heavy atom. The summed E-state index contributed by atoms with van der Waals surface area (Å²) >= 11 is 4.85. The van der Waals surface area contributed by atoms with Crippen LogP contribution in [0.2, 0.25) is 0 Å². The summed E-state index contributed by atoms with van der Waals surface area (Å²) < 4.78 is 56.1. The van der Waals surface area contributed by atoms with Crippen molar-refractivity contribution in [1.29, 1.82) is 0 Å². The van der Waals surface area contributed by atoms with Crippen LogP contribution in [0, 0.1) is 0 Å². The third-order valence-electron chi connectivity index (χ3n) is 1.32. The number of hydrogen-bond acceptors (Lipinski definition) is 3. The smallest absolute Gasteiger partial charge is 0.258 e. The normalized spacial score (nSPS) is 55.4. The van der Waals surface area contributed by atoms with Crippen molar-refractivity contribution in [3.8, 4) is 0 Å². The minimum absolute atomic E-state index is 0.582. The molecule has 0 N–H and O–H groups in total. The van der Waals surface area contributed by atoms with Gasteiger partial charge in [-0.05, 0) is 6.92 Å². The summed E-state index contributed by atoms with van der Waals surface area (Å²) in [5.74, 6) is 0. The fraction of sp³-hybridized carbons (Fsp3) is 1.00. The summed E-state index contributed by atoms with van der Waals surface area (Å²) in [6.45, 7) is -3.71. The van der Waals surface area contributed by atoms with Crippen LogP contribution in [0.5, 0.6) is 0 Å². The van der Waals surface area contributed by atoms with Crippen LogP contribution >= 0.6 is 18.2 Å². The van der Waals surface area contributed by atoms with Crippen molar-refractivity contribution >= 4 is 18.2 Å². The van der Waals surface area contributed by atoms with Gasteiger partial charge in [0.05, 0.1) is 0 Å². The van der Waals surface area contributed by atoms with Gasteiger partial charge >= 0.3 is 6.95 Å². The fourth-order valence-electron chi connectivity index (χ4n) is 0.555. The summed E-state index contributed by atoms with van der Waals surface area (Å²) in [5.41, 5.74) is -2.98. The summed E-state index contributed by atoms with van der Waals surface area (Å²) in [5, 5.41) is 0. The molecule has 72 valence electrons. The molecule has 0 bridgehead atoms. The predicted molar refractivity (Wildman–Crippen MR) is 34.9 cm³/mol. The Morgan fingerprint density at radius 2 is 1.75 bits per heavy atom. The summed E-state index contributed by atoms with van der Waals surface area (Å²) in [6.07, 6.45) is -5.38. The van der Waals surface area contributed by atoms with E-state index < -0.39 is 25.3 Å². The van der Waals surface area contributed by atoms with Gasteiger partial charge in [-0.1, -0.05) is 0 Å². The molecule has 1 saturated heterocycles. The average molecular weight is 225 g/mol. The summed E-state index contributed by atoms with van der Waals surface area (Å²) in [4.78, 5) is 0. The molecule has 1 aliphatic heterocycles. The Labute approximate surface area is 71.1 Å². The second-order valence-electron chi connectivity index (χ2n) is 2.42. The van der Waals surface area contributed by atoms with Gasteiger partial charge in [-0.25, -0.2) is 17.7 Å². The Bertz CT molecular complexity index is 218. The molecule has 0 aromatic heterocycles. The number of alkyl halides is 3. The van der Waals surface area contributed by atoms with E-state index in [1.165, 1.54) is 0 Å². The molecule has 2 unspecified atom stereocenters. The van der Waals surface area contributed by atoms with E-state index in [-0.39, 0.29) is 0 Å². The molecule has 3 nitrogen and oxygen atoms in total. The second-order valence-corrected chi connectivity index (χ2v) is 4.95. The molecule has 2 atom stereocenters. The fourth-order valence-corrected chi connectivity index (χ4v) is 1.88. The van der Waals surface area contributed by atoms with E-state index in [2.05, 4.69) is 9.05 Å². The Hall–Kier alpha value is 0.230.